The van der Waals surface area contributed by atoms with E-state index in [1.807, 2.05) is 19.2 Å². The summed E-state index contributed by atoms with van der Waals surface area (Å²) < 4.78 is 27.1. The molecule has 0 aliphatic carbocycles. The largest absolute Gasteiger partial charge is 0.349 e. The third-order valence-corrected chi connectivity index (χ3v) is 7.55. The molecule has 1 amide bonds. The molecule has 0 radical (unpaired) electrons. The summed E-state index contributed by atoms with van der Waals surface area (Å²) in [6.45, 7) is 2.72. The smallest absolute Gasteiger partial charge is 0.267 e. The van der Waals surface area contributed by atoms with Crippen molar-refractivity contribution in [1.29, 1.82) is 0 Å². The van der Waals surface area contributed by atoms with Gasteiger partial charge in [-0.3, -0.25) is 4.79 Å². The van der Waals surface area contributed by atoms with Gasteiger partial charge in [-0.1, -0.05) is 35.9 Å². The molecule has 0 spiro atoms. The number of amides is 1. The van der Waals surface area contributed by atoms with E-state index in [9.17, 15) is 13.2 Å². The van der Waals surface area contributed by atoms with Crippen molar-refractivity contribution >= 4 is 38.4 Å². The third kappa shape index (κ3) is 4.22. The van der Waals surface area contributed by atoms with Crippen LogP contribution in [0.1, 0.15) is 16.1 Å². The average molecular weight is 447 g/mol. The molecular formula is C21H23ClN4O3S. The van der Waals surface area contributed by atoms with E-state index in [2.05, 4.69) is 15.2 Å². The number of rotatable bonds is 5. The summed E-state index contributed by atoms with van der Waals surface area (Å²) >= 11 is 6.14. The van der Waals surface area contributed by atoms with Crippen LogP contribution in [0.4, 0.5) is 0 Å². The summed E-state index contributed by atoms with van der Waals surface area (Å²) in [4.78, 5) is 17.9. The molecule has 0 atom stereocenters. The van der Waals surface area contributed by atoms with Gasteiger partial charge in [0.05, 0.1) is 15.4 Å². The third-order valence-electron chi connectivity index (χ3n) is 5.33. The summed E-state index contributed by atoms with van der Waals surface area (Å²) in [6, 6.07) is 13.9. The number of fused-ring (bicyclic) bond motifs is 1. The zero-order valence-corrected chi connectivity index (χ0v) is 18.1. The second kappa shape index (κ2) is 8.39. The number of nitrogens with one attached hydrogen (secondary N) is 2. The van der Waals surface area contributed by atoms with E-state index < -0.39 is 10.0 Å². The number of likely N-dealkylation sites (N-methyl/N-ethyl adjacent to an activating group) is 1. The number of hydrogen-bond acceptors (Lipinski definition) is 4. The number of para-hydroxylation sites is 1. The van der Waals surface area contributed by atoms with Crippen LogP contribution in [0.5, 0.6) is 0 Å². The molecule has 1 aromatic heterocycles. The van der Waals surface area contributed by atoms with Crippen molar-refractivity contribution in [2.24, 2.45) is 0 Å². The Hall–Kier alpha value is -2.39. The van der Waals surface area contributed by atoms with Crippen molar-refractivity contribution in [2.45, 2.75) is 11.4 Å². The van der Waals surface area contributed by atoms with E-state index in [1.165, 1.54) is 4.31 Å². The maximum absolute atomic E-state index is 12.8. The number of halogens is 1. The molecule has 9 heteroatoms. The van der Waals surface area contributed by atoms with Crippen molar-refractivity contribution in [2.75, 3.05) is 33.2 Å². The van der Waals surface area contributed by atoms with Crippen molar-refractivity contribution in [3.63, 3.8) is 0 Å². The topological polar surface area (TPSA) is 85.5 Å². The Morgan fingerprint density at radius 1 is 1.10 bits per heavy atom. The van der Waals surface area contributed by atoms with Gasteiger partial charge in [0.1, 0.15) is 5.69 Å². The number of H-pyrrole nitrogens is 1. The van der Waals surface area contributed by atoms with Gasteiger partial charge in [0.15, 0.2) is 0 Å². The number of aromatic nitrogens is 1. The SMILES string of the molecule is CN1CCN(S(=O)(=O)c2ccc(CNC(=O)c3cc4cccc(Cl)c4[nH]3)cc2)CC1. The van der Waals surface area contributed by atoms with Gasteiger partial charge < -0.3 is 15.2 Å². The first-order valence-electron chi connectivity index (χ1n) is 9.68. The molecule has 0 saturated carbocycles. The molecule has 3 aromatic rings. The van der Waals surface area contributed by atoms with Crippen LogP contribution in [0.15, 0.2) is 53.4 Å². The monoisotopic (exact) mass is 446 g/mol. The number of benzene rings is 2. The predicted octanol–water partition coefficient (Wildman–Crippen LogP) is 2.69. The van der Waals surface area contributed by atoms with Crippen molar-refractivity contribution in [1.82, 2.24) is 19.5 Å². The molecule has 7 nitrogen and oxygen atoms in total. The first-order chi connectivity index (χ1) is 14.3. The summed E-state index contributed by atoms with van der Waals surface area (Å²) in [5.74, 6) is -0.253. The van der Waals surface area contributed by atoms with Crippen LogP contribution in [0.2, 0.25) is 5.02 Å². The fraction of sp³-hybridized carbons (Fsp3) is 0.286. The molecule has 2 N–H and O–H groups in total. The van der Waals surface area contributed by atoms with Gasteiger partial charge in [-0.05, 0) is 36.9 Å². The van der Waals surface area contributed by atoms with Gasteiger partial charge in [0.2, 0.25) is 10.0 Å². The molecule has 2 heterocycles. The van der Waals surface area contributed by atoms with E-state index in [1.54, 1.807) is 36.4 Å². The number of piperazine rings is 1. The average Bonchev–Trinajstić information content (AvgIpc) is 3.19. The van der Waals surface area contributed by atoms with Gasteiger partial charge >= 0.3 is 0 Å². The van der Waals surface area contributed by atoms with E-state index in [0.29, 0.717) is 23.8 Å². The van der Waals surface area contributed by atoms with Crippen LogP contribution in [0.25, 0.3) is 10.9 Å². The zero-order chi connectivity index (χ0) is 21.3. The molecule has 1 aliphatic rings. The Bertz CT molecular complexity index is 1170. The molecular weight excluding hydrogens is 424 g/mol. The molecule has 30 heavy (non-hydrogen) atoms. The Morgan fingerprint density at radius 2 is 1.80 bits per heavy atom. The molecule has 2 aromatic carbocycles. The molecule has 4 rings (SSSR count). The molecule has 0 unspecified atom stereocenters. The Balaban J connectivity index is 1.40. The molecule has 1 aliphatic heterocycles. The summed E-state index contributed by atoms with van der Waals surface area (Å²) in [7, 11) is -1.51. The Kier molecular flexibility index (Phi) is 5.84. The lowest BCUT2D eigenvalue weighted by molar-refractivity contribution is 0.0946. The van der Waals surface area contributed by atoms with E-state index in [4.69, 9.17) is 11.6 Å². The van der Waals surface area contributed by atoms with Crippen LogP contribution in [0.3, 0.4) is 0 Å². The first kappa shape index (κ1) is 20.9. The summed E-state index contributed by atoms with van der Waals surface area (Å²) in [6.07, 6.45) is 0. The molecule has 1 saturated heterocycles. The van der Waals surface area contributed by atoms with Crippen molar-refractivity contribution in [3.8, 4) is 0 Å². The molecule has 158 valence electrons. The lowest BCUT2D eigenvalue weighted by Gasteiger charge is -2.31. The maximum Gasteiger partial charge on any atom is 0.267 e. The van der Waals surface area contributed by atoms with Crippen LogP contribution in [0, 0.1) is 0 Å². The van der Waals surface area contributed by atoms with E-state index in [-0.39, 0.29) is 17.3 Å². The van der Waals surface area contributed by atoms with Crippen molar-refractivity contribution < 1.29 is 13.2 Å². The maximum atomic E-state index is 12.8. The number of carbonyl (C=O) groups excluding carboxylic acids is 1. The van der Waals surface area contributed by atoms with Gasteiger partial charge in [0, 0.05) is 38.1 Å². The minimum Gasteiger partial charge on any atom is -0.349 e. The van der Waals surface area contributed by atoms with E-state index >= 15 is 0 Å². The number of sulfonamides is 1. The lowest BCUT2D eigenvalue weighted by Crippen LogP contribution is -2.47. The normalized spacial score (nSPS) is 16.1. The minimum atomic E-state index is -3.49. The van der Waals surface area contributed by atoms with Crippen molar-refractivity contribution in [3.05, 3.63) is 64.8 Å². The first-order valence-corrected chi connectivity index (χ1v) is 11.5. The highest BCUT2D eigenvalue weighted by Crippen LogP contribution is 2.23. The van der Waals surface area contributed by atoms with Crippen LogP contribution in [-0.4, -0.2) is 61.7 Å². The van der Waals surface area contributed by atoms with Crippen LogP contribution in [-0.2, 0) is 16.6 Å². The minimum absolute atomic E-state index is 0.253. The summed E-state index contributed by atoms with van der Waals surface area (Å²) in [5.41, 5.74) is 1.96. The van der Waals surface area contributed by atoms with Gasteiger partial charge in [-0.25, -0.2) is 8.42 Å². The highest BCUT2D eigenvalue weighted by Gasteiger charge is 2.27. The summed E-state index contributed by atoms with van der Waals surface area (Å²) in [5, 5.41) is 4.27. The zero-order valence-electron chi connectivity index (χ0n) is 16.6. The Morgan fingerprint density at radius 3 is 2.47 bits per heavy atom. The van der Waals surface area contributed by atoms with E-state index in [0.717, 1.165) is 29.6 Å². The van der Waals surface area contributed by atoms with Gasteiger partial charge in [-0.15, -0.1) is 0 Å². The number of aromatic amines is 1. The van der Waals surface area contributed by atoms with Crippen LogP contribution < -0.4 is 5.32 Å². The molecule has 0 bridgehead atoms. The quantitative estimate of drug-likeness (QED) is 0.631. The highest BCUT2D eigenvalue weighted by molar-refractivity contribution is 7.89. The predicted molar refractivity (Wildman–Crippen MR) is 117 cm³/mol. The number of nitrogens with zero attached hydrogens (tertiary/aromatic N) is 2. The highest BCUT2D eigenvalue weighted by atomic mass is 35.5. The fourth-order valence-corrected chi connectivity index (χ4v) is 5.13. The fourth-order valence-electron chi connectivity index (χ4n) is 3.48. The second-order valence-electron chi connectivity index (χ2n) is 7.42. The number of hydrogen-bond donors (Lipinski definition) is 2. The van der Waals surface area contributed by atoms with Gasteiger partial charge in [0.25, 0.3) is 5.91 Å². The Labute approximate surface area is 180 Å². The lowest BCUT2D eigenvalue weighted by atomic mass is 10.2. The number of carbonyl (C=O) groups is 1. The van der Waals surface area contributed by atoms with Gasteiger partial charge in [-0.2, -0.15) is 4.31 Å². The standard InChI is InChI=1S/C21H23ClN4O3S/c1-25-9-11-26(12-10-25)30(28,29)17-7-5-15(6-8-17)14-23-21(27)19-13-16-3-2-4-18(22)20(16)24-19/h2-8,13,24H,9-12,14H2,1H3,(H,23,27). The van der Waals surface area contributed by atoms with Crippen LogP contribution >= 0.6 is 11.6 Å². The second-order valence-corrected chi connectivity index (χ2v) is 9.77. The molecule has 1 fully saturated rings.